The molecule has 0 atom stereocenters. The maximum atomic E-state index is 5.57. The quantitative estimate of drug-likeness (QED) is 0.272. The predicted molar refractivity (Wildman–Crippen MR) is 105 cm³/mol. The summed E-state index contributed by atoms with van der Waals surface area (Å²) in [5.74, 6) is 0.654. The van der Waals surface area contributed by atoms with Gasteiger partial charge in [-0.2, -0.15) is 19.9 Å². The fourth-order valence-electron chi connectivity index (χ4n) is 1.66. The fourth-order valence-corrected chi connectivity index (χ4v) is 2.10. The first-order valence-electron chi connectivity index (χ1n) is 6.72. The first-order valence-corrected chi connectivity index (χ1v) is 7.86. The van der Waals surface area contributed by atoms with E-state index in [-0.39, 0.29) is 23.3 Å². The first kappa shape index (κ1) is 21.8. The van der Waals surface area contributed by atoms with Crippen LogP contribution in [0.3, 0.4) is 0 Å². The highest BCUT2D eigenvalue weighted by atomic mass is 35.5. The standard InChI is InChI=1S/C6H6ClN5.C5H2Cl2N4.CH5N.CH4/c1-8-6-10-3-2-9-5(7)11-4(3)12-6;6-4-8-1-2-3(10-4)11-5(7)9-2;1-2;/h2H,1H3,(H2,8,9,10,11,12);1H,(H,8,9,10,11);2H2,1H3;1H4. The van der Waals surface area contributed by atoms with Crippen LogP contribution in [-0.4, -0.2) is 54.0 Å². The lowest BCUT2D eigenvalue weighted by molar-refractivity contribution is 1.20. The van der Waals surface area contributed by atoms with E-state index in [0.29, 0.717) is 22.8 Å². The number of hydrogen-bond acceptors (Lipinski definition) is 8. The molecule has 4 aromatic heterocycles. The van der Waals surface area contributed by atoms with Crippen molar-refractivity contribution in [2.75, 3.05) is 19.4 Å². The minimum atomic E-state index is 0. The molecule has 140 valence electrons. The fraction of sp³-hybridized carbons (Fsp3) is 0.231. The third kappa shape index (κ3) is 5.36. The lowest BCUT2D eigenvalue weighted by Gasteiger charge is -1.86. The highest BCUT2D eigenvalue weighted by Crippen LogP contribution is 2.13. The van der Waals surface area contributed by atoms with Crippen molar-refractivity contribution >= 4 is 63.1 Å². The number of hydrogen-bond donors (Lipinski definition) is 4. The Kier molecular flexibility index (Phi) is 8.39. The van der Waals surface area contributed by atoms with Gasteiger partial charge in [0.05, 0.1) is 12.4 Å². The van der Waals surface area contributed by atoms with Crippen LogP contribution >= 0.6 is 34.8 Å². The number of imidazole rings is 2. The Hall–Kier alpha value is -2.27. The van der Waals surface area contributed by atoms with Gasteiger partial charge in [-0.15, -0.1) is 0 Å². The Morgan fingerprint density at radius 2 is 1.35 bits per heavy atom. The van der Waals surface area contributed by atoms with Gasteiger partial charge in [0.25, 0.3) is 0 Å². The zero-order valence-corrected chi connectivity index (χ0v) is 15.3. The average molecular weight is 420 g/mol. The van der Waals surface area contributed by atoms with Crippen LogP contribution in [0.5, 0.6) is 0 Å². The highest BCUT2D eigenvalue weighted by molar-refractivity contribution is 6.29. The Balaban J connectivity index is 0.000000230. The molecule has 0 amide bonds. The maximum absolute atomic E-state index is 5.57. The van der Waals surface area contributed by atoms with Crippen molar-refractivity contribution < 1.29 is 0 Å². The Labute approximate surface area is 163 Å². The molecule has 26 heavy (non-hydrogen) atoms. The van der Waals surface area contributed by atoms with E-state index in [4.69, 9.17) is 34.8 Å². The second-order valence-electron chi connectivity index (χ2n) is 4.12. The number of rotatable bonds is 1. The van der Waals surface area contributed by atoms with Crippen LogP contribution in [0.15, 0.2) is 12.4 Å². The van der Waals surface area contributed by atoms with Gasteiger partial charge in [-0.05, 0) is 41.9 Å². The molecular weight excluding hydrogens is 403 g/mol. The molecule has 13 heteroatoms. The van der Waals surface area contributed by atoms with Crippen LogP contribution in [0.25, 0.3) is 22.3 Å². The summed E-state index contributed by atoms with van der Waals surface area (Å²) in [6.07, 6.45) is 3.13. The van der Waals surface area contributed by atoms with Gasteiger partial charge in [0.2, 0.25) is 21.8 Å². The molecule has 0 bridgehead atoms. The largest absolute Gasteiger partial charge is 0.359 e. The molecule has 0 saturated heterocycles. The number of nitrogens with two attached hydrogens (primary N) is 1. The van der Waals surface area contributed by atoms with Crippen LogP contribution in [0.4, 0.5) is 5.95 Å². The second kappa shape index (κ2) is 10.0. The zero-order chi connectivity index (χ0) is 18.4. The molecule has 4 rings (SSSR count). The molecule has 10 nitrogen and oxygen atoms in total. The van der Waals surface area contributed by atoms with Gasteiger partial charge < -0.3 is 21.0 Å². The molecule has 0 aromatic carbocycles. The van der Waals surface area contributed by atoms with Gasteiger partial charge in [0.1, 0.15) is 11.0 Å². The van der Waals surface area contributed by atoms with Crippen LogP contribution in [0.1, 0.15) is 7.43 Å². The van der Waals surface area contributed by atoms with E-state index in [9.17, 15) is 0 Å². The molecule has 4 heterocycles. The van der Waals surface area contributed by atoms with E-state index in [1.165, 1.54) is 13.2 Å². The number of nitrogens with zero attached hydrogens (tertiary/aromatic N) is 6. The van der Waals surface area contributed by atoms with Crippen LogP contribution < -0.4 is 11.1 Å². The smallest absolute Gasteiger partial charge is 0.224 e. The van der Waals surface area contributed by atoms with Gasteiger partial charge in [-0.1, -0.05) is 7.43 Å². The summed E-state index contributed by atoms with van der Waals surface area (Å²) < 4.78 is 0. The van der Waals surface area contributed by atoms with Crippen LogP contribution in [-0.2, 0) is 0 Å². The molecular formula is C13H17Cl3N10. The molecule has 0 spiro atoms. The van der Waals surface area contributed by atoms with Gasteiger partial charge in [0.15, 0.2) is 11.3 Å². The number of nitrogens with one attached hydrogen (secondary N) is 3. The van der Waals surface area contributed by atoms with Crippen molar-refractivity contribution in [3.8, 4) is 0 Å². The molecule has 0 radical (unpaired) electrons. The number of fused-ring (bicyclic) bond motifs is 2. The van der Waals surface area contributed by atoms with Crippen molar-refractivity contribution in [2.45, 2.75) is 7.43 Å². The number of aromatic nitrogens is 8. The molecule has 0 fully saturated rings. The molecule has 0 unspecified atom stereocenters. The van der Waals surface area contributed by atoms with Gasteiger partial charge >= 0.3 is 0 Å². The Morgan fingerprint density at radius 3 is 1.88 bits per heavy atom. The highest BCUT2D eigenvalue weighted by Gasteiger charge is 2.03. The Morgan fingerprint density at radius 1 is 0.846 bits per heavy atom. The van der Waals surface area contributed by atoms with Crippen molar-refractivity contribution in [1.29, 1.82) is 0 Å². The van der Waals surface area contributed by atoms with E-state index in [0.717, 1.165) is 5.52 Å². The lowest BCUT2D eigenvalue weighted by atomic mass is 10.6. The van der Waals surface area contributed by atoms with Gasteiger partial charge in [0, 0.05) is 7.05 Å². The zero-order valence-electron chi connectivity index (χ0n) is 13.0. The van der Waals surface area contributed by atoms with Gasteiger partial charge in [-0.3, -0.25) is 0 Å². The summed E-state index contributed by atoms with van der Waals surface area (Å²) in [6.45, 7) is 0. The minimum Gasteiger partial charge on any atom is -0.359 e. The molecule has 5 N–H and O–H groups in total. The number of anilines is 1. The van der Waals surface area contributed by atoms with Crippen LogP contribution in [0.2, 0.25) is 15.9 Å². The van der Waals surface area contributed by atoms with E-state index in [1.807, 2.05) is 0 Å². The third-order valence-corrected chi connectivity index (χ3v) is 3.17. The lowest BCUT2D eigenvalue weighted by Crippen LogP contribution is -1.88. The SMILES string of the molecule is C.CN.CNc1nc2nc(Cl)ncc2[nH]1.Clc1ncc2[nH]c(Cl)nc2n1. The van der Waals surface area contributed by atoms with Crippen LogP contribution in [0, 0.1) is 0 Å². The first-order chi connectivity index (χ1) is 12.0. The van der Waals surface area contributed by atoms with Crippen molar-refractivity contribution in [2.24, 2.45) is 5.73 Å². The number of H-pyrrole nitrogens is 2. The minimum absolute atomic E-state index is 0. The molecule has 4 aromatic rings. The predicted octanol–water partition coefficient (Wildman–Crippen LogP) is 2.92. The van der Waals surface area contributed by atoms with Crippen molar-refractivity contribution in [3.05, 3.63) is 28.2 Å². The van der Waals surface area contributed by atoms with Crippen molar-refractivity contribution in [3.63, 3.8) is 0 Å². The normalized spacial score (nSPS) is 9.62. The number of aromatic amines is 2. The summed E-state index contributed by atoms with van der Waals surface area (Å²) in [5.41, 5.74) is 7.00. The topological polar surface area (TPSA) is 147 Å². The maximum Gasteiger partial charge on any atom is 0.224 e. The third-order valence-electron chi connectivity index (χ3n) is 2.63. The molecule has 0 saturated carbocycles. The van der Waals surface area contributed by atoms with E-state index in [1.54, 1.807) is 13.2 Å². The van der Waals surface area contributed by atoms with E-state index < -0.39 is 0 Å². The molecule has 0 aliphatic heterocycles. The summed E-state index contributed by atoms with van der Waals surface area (Å²) in [7, 11) is 3.27. The van der Waals surface area contributed by atoms with E-state index in [2.05, 4.69) is 50.9 Å². The summed E-state index contributed by atoms with van der Waals surface area (Å²) in [6, 6.07) is 0. The summed E-state index contributed by atoms with van der Waals surface area (Å²) >= 11 is 16.6. The Bertz CT molecular complexity index is 967. The number of halogens is 3. The van der Waals surface area contributed by atoms with Crippen molar-refractivity contribution in [1.82, 2.24) is 39.9 Å². The summed E-state index contributed by atoms with van der Waals surface area (Å²) in [5, 5.41) is 3.52. The second-order valence-corrected chi connectivity index (χ2v) is 5.15. The van der Waals surface area contributed by atoms with E-state index >= 15 is 0 Å². The van der Waals surface area contributed by atoms with Gasteiger partial charge in [-0.25, -0.2) is 9.97 Å². The molecule has 0 aliphatic carbocycles. The average Bonchev–Trinajstić information content (AvgIpc) is 3.18. The monoisotopic (exact) mass is 418 g/mol. The molecule has 0 aliphatic rings. The summed E-state index contributed by atoms with van der Waals surface area (Å²) in [4.78, 5) is 29.0.